The minimum absolute atomic E-state index is 0.0802. The molecule has 3 rings (SSSR count). The van der Waals surface area contributed by atoms with E-state index in [2.05, 4.69) is 17.5 Å². The van der Waals surface area contributed by atoms with Gasteiger partial charge in [-0.2, -0.15) is 5.10 Å². The summed E-state index contributed by atoms with van der Waals surface area (Å²) < 4.78 is 5.39. The zero-order valence-corrected chi connectivity index (χ0v) is 13.3. The molecule has 1 aromatic carbocycles. The van der Waals surface area contributed by atoms with Crippen LogP contribution in [-0.2, 0) is 4.79 Å². The number of rotatable bonds is 5. The fourth-order valence-corrected chi connectivity index (χ4v) is 3.91. The number of carbonyl (C=O) groups is 1. The molecule has 0 saturated heterocycles. The molecule has 2 aliphatic rings. The summed E-state index contributed by atoms with van der Waals surface area (Å²) >= 11 is 0. The largest absolute Gasteiger partial charge is 0.494 e. The summed E-state index contributed by atoms with van der Waals surface area (Å²) in [5.74, 6) is 1.66. The molecular formula is C18H24N2O2. The molecule has 0 bridgehead atoms. The lowest BCUT2D eigenvalue weighted by Crippen LogP contribution is -2.22. The molecule has 118 valence electrons. The predicted molar refractivity (Wildman–Crippen MR) is 86.9 cm³/mol. The van der Waals surface area contributed by atoms with Crippen LogP contribution in [0, 0.1) is 17.3 Å². The molecule has 2 saturated carbocycles. The van der Waals surface area contributed by atoms with Crippen LogP contribution >= 0.6 is 0 Å². The van der Waals surface area contributed by atoms with E-state index in [1.54, 1.807) is 6.21 Å². The van der Waals surface area contributed by atoms with Gasteiger partial charge in [-0.25, -0.2) is 5.43 Å². The van der Waals surface area contributed by atoms with Gasteiger partial charge in [-0.3, -0.25) is 4.79 Å². The van der Waals surface area contributed by atoms with Gasteiger partial charge in [0.15, 0.2) is 0 Å². The summed E-state index contributed by atoms with van der Waals surface area (Å²) in [6.45, 7) is 4.86. The number of nitrogens with zero attached hydrogens (tertiary/aromatic N) is 1. The highest BCUT2D eigenvalue weighted by atomic mass is 16.5. The normalized spacial score (nSPS) is 29.9. The van der Waals surface area contributed by atoms with E-state index in [9.17, 15) is 4.79 Å². The van der Waals surface area contributed by atoms with Crippen molar-refractivity contribution in [1.82, 2.24) is 5.43 Å². The number of benzene rings is 1. The summed E-state index contributed by atoms with van der Waals surface area (Å²) in [6, 6.07) is 7.67. The first-order valence-electron chi connectivity index (χ1n) is 8.21. The smallest absolute Gasteiger partial charge is 0.244 e. The monoisotopic (exact) mass is 300 g/mol. The molecule has 2 aliphatic carbocycles. The summed E-state index contributed by atoms with van der Waals surface area (Å²) in [7, 11) is 0. The Balaban J connectivity index is 1.53. The molecule has 1 N–H and O–H groups in total. The number of hydrogen-bond donors (Lipinski definition) is 1. The maximum absolute atomic E-state index is 12.3. The first-order chi connectivity index (χ1) is 10.6. The Labute approximate surface area is 131 Å². The van der Waals surface area contributed by atoms with Gasteiger partial charge in [0.05, 0.1) is 12.8 Å². The molecule has 0 unspecified atom stereocenters. The topological polar surface area (TPSA) is 50.7 Å². The van der Waals surface area contributed by atoms with Gasteiger partial charge in [-0.1, -0.05) is 19.8 Å². The molecule has 0 spiro atoms. The first-order valence-corrected chi connectivity index (χ1v) is 8.21. The molecule has 0 aliphatic heterocycles. The van der Waals surface area contributed by atoms with Crippen LogP contribution in [0.5, 0.6) is 5.75 Å². The molecule has 1 amide bonds. The van der Waals surface area contributed by atoms with E-state index in [0.717, 1.165) is 11.3 Å². The molecule has 22 heavy (non-hydrogen) atoms. The van der Waals surface area contributed by atoms with Crippen molar-refractivity contribution in [3.63, 3.8) is 0 Å². The van der Waals surface area contributed by atoms with Crippen LogP contribution in [0.2, 0.25) is 0 Å². The van der Waals surface area contributed by atoms with Gasteiger partial charge < -0.3 is 4.74 Å². The summed E-state index contributed by atoms with van der Waals surface area (Å²) in [4.78, 5) is 12.3. The van der Waals surface area contributed by atoms with Crippen molar-refractivity contribution in [1.29, 1.82) is 0 Å². The summed E-state index contributed by atoms with van der Waals surface area (Å²) in [6.07, 6.45) is 6.57. The molecule has 2 fully saturated rings. The van der Waals surface area contributed by atoms with Crippen molar-refractivity contribution < 1.29 is 9.53 Å². The van der Waals surface area contributed by atoms with Gasteiger partial charge >= 0.3 is 0 Å². The van der Waals surface area contributed by atoms with E-state index in [4.69, 9.17) is 4.74 Å². The Kier molecular flexibility index (Phi) is 4.19. The van der Waals surface area contributed by atoms with Gasteiger partial charge in [0.25, 0.3) is 0 Å². The number of carbonyl (C=O) groups excluding carboxylic acids is 1. The number of amides is 1. The second-order valence-corrected chi connectivity index (χ2v) is 6.57. The Hall–Kier alpha value is -1.84. The number of fused-ring (bicyclic) bond motifs is 1. The van der Waals surface area contributed by atoms with Gasteiger partial charge in [0, 0.05) is 5.92 Å². The van der Waals surface area contributed by atoms with Crippen molar-refractivity contribution in [2.45, 2.75) is 39.5 Å². The standard InChI is InChI=1S/C18H24N2O2/c1-3-22-14-9-7-13(8-10-14)12-19-20-17(21)16-15-6-4-5-11-18(15,16)2/h7-10,12,15-16H,3-6,11H2,1-2H3,(H,20,21)/b19-12-/t15-,16+,18-/m1/s1. The van der Waals surface area contributed by atoms with Crippen molar-refractivity contribution in [2.75, 3.05) is 6.61 Å². The molecule has 1 aromatic rings. The molecule has 0 aromatic heterocycles. The summed E-state index contributed by atoms with van der Waals surface area (Å²) in [5.41, 5.74) is 3.89. The Morgan fingerprint density at radius 1 is 1.41 bits per heavy atom. The minimum Gasteiger partial charge on any atom is -0.494 e. The van der Waals surface area contributed by atoms with Crippen LogP contribution in [0.15, 0.2) is 29.4 Å². The second kappa shape index (κ2) is 6.11. The highest BCUT2D eigenvalue weighted by Gasteiger charge is 2.64. The SMILES string of the molecule is CCOc1ccc(/C=N\NC(=O)[C@@H]2[C@H]3CCCC[C@]32C)cc1. The molecule has 0 radical (unpaired) electrons. The lowest BCUT2D eigenvalue weighted by Gasteiger charge is -2.15. The zero-order valence-electron chi connectivity index (χ0n) is 13.3. The van der Waals surface area contributed by atoms with Gasteiger partial charge in [0.2, 0.25) is 5.91 Å². The van der Waals surface area contributed by atoms with Crippen LogP contribution in [0.1, 0.15) is 45.1 Å². The number of nitrogens with one attached hydrogen (secondary N) is 1. The van der Waals surface area contributed by atoms with Gasteiger partial charge in [-0.05, 0) is 60.9 Å². The van der Waals surface area contributed by atoms with Crippen molar-refractivity contribution in [3.05, 3.63) is 29.8 Å². The lowest BCUT2D eigenvalue weighted by atomic mass is 9.90. The Morgan fingerprint density at radius 2 is 2.18 bits per heavy atom. The third-order valence-electron chi connectivity index (χ3n) is 5.19. The summed E-state index contributed by atoms with van der Waals surface area (Å²) in [5, 5.41) is 4.10. The van der Waals surface area contributed by atoms with E-state index in [1.165, 1.54) is 25.7 Å². The molecule has 3 atom stereocenters. The fourth-order valence-electron chi connectivity index (χ4n) is 3.91. The average molecular weight is 300 g/mol. The predicted octanol–water partition coefficient (Wildman–Crippen LogP) is 3.36. The number of hydrazone groups is 1. The second-order valence-electron chi connectivity index (χ2n) is 6.57. The zero-order chi connectivity index (χ0) is 15.6. The number of ether oxygens (including phenoxy) is 1. The van der Waals surface area contributed by atoms with Crippen molar-refractivity contribution >= 4 is 12.1 Å². The molecule has 4 heteroatoms. The van der Waals surface area contributed by atoms with Crippen LogP contribution in [0.4, 0.5) is 0 Å². The number of hydrogen-bond acceptors (Lipinski definition) is 3. The maximum Gasteiger partial charge on any atom is 0.244 e. The third kappa shape index (κ3) is 2.87. The van der Waals surface area contributed by atoms with E-state index in [-0.39, 0.29) is 17.2 Å². The van der Waals surface area contributed by atoms with Gasteiger partial charge in [0.1, 0.15) is 5.75 Å². The van der Waals surface area contributed by atoms with Crippen LogP contribution in [0.25, 0.3) is 0 Å². The maximum atomic E-state index is 12.3. The van der Waals surface area contributed by atoms with E-state index in [1.807, 2.05) is 31.2 Å². The lowest BCUT2D eigenvalue weighted by molar-refractivity contribution is -0.123. The minimum atomic E-state index is 0.0802. The van der Waals surface area contributed by atoms with E-state index in [0.29, 0.717) is 12.5 Å². The highest BCUT2D eigenvalue weighted by Crippen LogP contribution is 2.66. The van der Waals surface area contributed by atoms with Gasteiger partial charge in [-0.15, -0.1) is 0 Å². The molecular weight excluding hydrogens is 276 g/mol. The quantitative estimate of drug-likeness (QED) is 0.669. The average Bonchev–Trinajstić information content (AvgIpc) is 3.15. The molecule has 4 nitrogen and oxygen atoms in total. The Morgan fingerprint density at radius 3 is 2.82 bits per heavy atom. The van der Waals surface area contributed by atoms with E-state index < -0.39 is 0 Å². The third-order valence-corrected chi connectivity index (χ3v) is 5.19. The Bertz CT molecular complexity index is 567. The van der Waals surface area contributed by atoms with Crippen LogP contribution < -0.4 is 10.2 Å². The fraction of sp³-hybridized carbons (Fsp3) is 0.556. The molecule has 0 heterocycles. The highest BCUT2D eigenvalue weighted by molar-refractivity contribution is 5.85. The van der Waals surface area contributed by atoms with Crippen molar-refractivity contribution in [3.8, 4) is 5.75 Å². The van der Waals surface area contributed by atoms with Crippen LogP contribution in [-0.4, -0.2) is 18.7 Å². The first kappa shape index (κ1) is 15.1. The van der Waals surface area contributed by atoms with E-state index >= 15 is 0 Å². The van der Waals surface area contributed by atoms with Crippen molar-refractivity contribution in [2.24, 2.45) is 22.4 Å². The van der Waals surface area contributed by atoms with Crippen LogP contribution in [0.3, 0.4) is 0 Å².